The van der Waals surface area contributed by atoms with E-state index in [-0.39, 0.29) is 5.41 Å². The first kappa shape index (κ1) is 18.2. The largest absolute Gasteiger partial charge is 0.401 e. The molecule has 3 N–H and O–H groups in total. The number of fused-ring (bicyclic) bond motifs is 2. The molecular formula is C19H29N5S. The number of hydrogen-bond acceptors (Lipinski definition) is 6. The van der Waals surface area contributed by atoms with Crippen LogP contribution in [0.25, 0.3) is 0 Å². The third kappa shape index (κ3) is 4.35. The normalized spacial score (nSPS) is 18.4. The number of nitrogens with two attached hydrogens (primary N) is 1. The van der Waals surface area contributed by atoms with Crippen LogP contribution in [0.1, 0.15) is 65.7 Å². The summed E-state index contributed by atoms with van der Waals surface area (Å²) in [4.78, 5) is 14.9. The van der Waals surface area contributed by atoms with E-state index in [1.54, 1.807) is 18.1 Å². The van der Waals surface area contributed by atoms with Crippen LogP contribution in [0.3, 0.4) is 0 Å². The predicted molar refractivity (Wildman–Crippen MR) is 106 cm³/mol. The van der Waals surface area contributed by atoms with E-state index in [0.717, 1.165) is 58.7 Å². The molecule has 0 saturated carbocycles. The predicted octanol–water partition coefficient (Wildman–Crippen LogP) is 5.03. The van der Waals surface area contributed by atoms with Crippen LogP contribution in [0.15, 0.2) is 26.9 Å². The van der Waals surface area contributed by atoms with E-state index in [0.29, 0.717) is 0 Å². The summed E-state index contributed by atoms with van der Waals surface area (Å²) in [5, 5.41) is 4.37. The van der Waals surface area contributed by atoms with Crippen molar-refractivity contribution < 1.29 is 0 Å². The summed E-state index contributed by atoms with van der Waals surface area (Å²) in [6.07, 6.45) is 9.80. The van der Waals surface area contributed by atoms with Crippen LogP contribution < -0.4 is 11.1 Å². The van der Waals surface area contributed by atoms with Gasteiger partial charge in [-0.25, -0.2) is 15.0 Å². The van der Waals surface area contributed by atoms with Crippen LogP contribution in [0.4, 0.5) is 11.5 Å². The molecule has 25 heavy (non-hydrogen) atoms. The minimum Gasteiger partial charge on any atom is -0.401 e. The lowest BCUT2D eigenvalue weighted by Gasteiger charge is -2.34. The van der Waals surface area contributed by atoms with Gasteiger partial charge in [-0.15, -0.1) is 0 Å². The molecule has 0 spiro atoms. The number of aliphatic imine (C=N–C) groups is 1. The van der Waals surface area contributed by atoms with Gasteiger partial charge < -0.3 is 11.1 Å². The number of nitrogens with zero attached hydrogens (tertiary/aromatic N) is 3. The summed E-state index contributed by atoms with van der Waals surface area (Å²) in [5.41, 5.74) is 9.39. The summed E-state index contributed by atoms with van der Waals surface area (Å²) in [6, 6.07) is 0. The van der Waals surface area contributed by atoms with E-state index in [1.807, 2.05) is 0 Å². The highest BCUT2D eigenvalue weighted by molar-refractivity contribution is 8.04. The number of thioether (sulfide) groups is 1. The van der Waals surface area contributed by atoms with Crippen molar-refractivity contribution in [3.8, 4) is 0 Å². The number of rotatable bonds is 7. The SMILES string of the molecule is CCCCCCCNc1ncnc2c1N=C1CC(C)(C)CC(N)=C1S2. The van der Waals surface area contributed by atoms with Crippen molar-refractivity contribution in [1.82, 2.24) is 9.97 Å². The first-order valence-electron chi connectivity index (χ1n) is 9.33. The zero-order chi connectivity index (χ0) is 17.9. The molecule has 3 rings (SSSR count). The first-order valence-corrected chi connectivity index (χ1v) is 10.1. The van der Waals surface area contributed by atoms with Gasteiger partial charge in [0, 0.05) is 12.2 Å². The van der Waals surface area contributed by atoms with E-state index < -0.39 is 0 Å². The molecule has 0 saturated heterocycles. The van der Waals surface area contributed by atoms with Gasteiger partial charge in [0.15, 0.2) is 5.82 Å². The minimum absolute atomic E-state index is 0.160. The van der Waals surface area contributed by atoms with Crippen molar-refractivity contribution in [1.29, 1.82) is 0 Å². The Labute approximate surface area is 155 Å². The second kappa shape index (κ2) is 7.77. The number of allylic oxidation sites excluding steroid dienone is 2. The molecule has 1 aliphatic carbocycles. The van der Waals surface area contributed by atoms with Crippen molar-refractivity contribution in [2.45, 2.75) is 70.7 Å². The molecule has 0 aromatic carbocycles. The van der Waals surface area contributed by atoms with Gasteiger partial charge in [0.1, 0.15) is 17.0 Å². The van der Waals surface area contributed by atoms with Gasteiger partial charge in [0.2, 0.25) is 0 Å². The summed E-state index contributed by atoms with van der Waals surface area (Å²) in [6.45, 7) is 7.66. The van der Waals surface area contributed by atoms with Crippen molar-refractivity contribution in [2.24, 2.45) is 16.1 Å². The van der Waals surface area contributed by atoms with Crippen molar-refractivity contribution >= 4 is 29.0 Å². The molecule has 6 heteroatoms. The fourth-order valence-corrected chi connectivity index (χ4v) is 4.40. The maximum absolute atomic E-state index is 6.32. The second-order valence-corrected chi connectivity index (χ2v) is 8.75. The Kier molecular flexibility index (Phi) is 5.67. The van der Waals surface area contributed by atoms with Crippen molar-refractivity contribution in [3.63, 3.8) is 0 Å². The van der Waals surface area contributed by atoms with Crippen molar-refractivity contribution in [2.75, 3.05) is 11.9 Å². The zero-order valence-corrected chi connectivity index (χ0v) is 16.4. The number of unbranched alkanes of at least 4 members (excludes halogenated alkanes) is 4. The van der Waals surface area contributed by atoms with E-state index in [2.05, 4.69) is 36.1 Å². The van der Waals surface area contributed by atoms with Gasteiger partial charge in [0.05, 0.1) is 10.6 Å². The highest BCUT2D eigenvalue weighted by Crippen LogP contribution is 2.48. The Bertz CT molecular complexity index is 693. The average molecular weight is 360 g/mol. The molecule has 1 aliphatic heterocycles. The summed E-state index contributed by atoms with van der Waals surface area (Å²) in [7, 11) is 0. The van der Waals surface area contributed by atoms with Crippen LogP contribution >= 0.6 is 11.8 Å². The van der Waals surface area contributed by atoms with Crippen molar-refractivity contribution in [3.05, 3.63) is 16.9 Å². The standard InChI is InChI=1S/C19H29N5S/c1-4-5-6-7-8-9-21-17-15-18(23-12-22-17)25-16-13(20)10-19(2,3)11-14(16)24-15/h12H,4-11,20H2,1-3H3,(H,21,22,23). The molecule has 0 fully saturated rings. The van der Waals surface area contributed by atoms with Crippen LogP contribution in [0, 0.1) is 5.41 Å². The number of nitrogens with one attached hydrogen (secondary N) is 1. The Morgan fingerprint density at radius 1 is 1.16 bits per heavy atom. The Balaban J connectivity index is 1.74. The molecule has 136 valence electrons. The average Bonchev–Trinajstić information content (AvgIpc) is 2.56. The lowest BCUT2D eigenvalue weighted by atomic mass is 9.78. The minimum atomic E-state index is 0.160. The molecule has 0 amide bonds. The topological polar surface area (TPSA) is 76.2 Å². The fourth-order valence-electron chi connectivity index (χ4n) is 3.43. The van der Waals surface area contributed by atoms with Crippen LogP contribution in [0.5, 0.6) is 0 Å². The molecule has 0 radical (unpaired) electrons. The zero-order valence-electron chi connectivity index (χ0n) is 15.6. The monoisotopic (exact) mass is 359 g/mol. The number of aromatic nitrogens is 2. The third-order valence-corrected chi connectivity index (χ3v) is 5.87. The van der Waals surface area contributed by atoms with E-state index in [9.17, 15) is 0 Å². The third-order valence-electron chi connectivity index (χ3n) is 4.68. The lowest BCUT2D eigenvalue weighted by molar-refractivity contribution is 0.371. The quantitative estimate of drug-likeness (QED) is 0.527. The van der Waals surface area contributed by atoms with Gasteiger partial charge in [0.25, 0.3) is 0 Å². The molecule has 5 nitrogen and oxygen atoms in total. The van der Waals surface area contributed by atoms with Gasteiger partial charge in [-0.2, -0.15) is 0 Å². The van der Waals surface area contributed by atoms with Crippen LogP contribution in [0.2, 0.25) is 0 Å². The fraction of sp³-hybridized carbons (Fsp3) is 0.632. The Morgan fingerprint density at radius 3 is 2.76 bits per heavy atom. The van der Waals surface area contributed by atoms with E-state index in [4.69, 9.17) is 10.7 Å². The van der Waals surface area contributed by atoms with Crippen LogP contribution in [-0.2, 0) is 0 Å². The smallest absolute Gasteiger partial charge is 0.156 e. The molecule has 0 bridgehead atoms. The molecule has 1 aromatic rings. The van der Waals surface area contributed by atoms with E-state index >= 15 is 0 Å². The van der Waals surface area contributed by atoms with Gasteiger partial charge >= 0.3 is 0 Å². The summed E-state index contributed by atoms with van der Waals surface area (Å²) < 4.78 is 0. The molecule has 1 aromatic heterocycles. The molecule has 2 aliphatic rings. The first-order chi connectivity index (χ1) is 12.0. The number of hydrogen-bond donors (Lipinski definition) is 2. The Hall–Kier alpha value is -1.56. The highest BCUT2D eigenvalue weighted by Gasteiger charge is 2.34. The molecule has 0 atom stereocenters. The number of anilines is 1. The molecular weight excluding hydrogens is 330 g/mol. The summed E-state index contributed by atoms with van der Waals surface area (Å²) >= 11 is 1.65. The Morgan fingerprint density at radius 2 is 1.96 bits per heavy atom. The lowest BCUT2D eigenvalue weighted by Crippen LogP contribution is -2.28. The van der Waals surface area contributed by atoms with Crippen LogP contribution in [-0.4, -0.2) is 22.2 Å². The van der Waals surface area contributed by atoms with Gasteiger partial charge in [-0.05, 0) is 24.7 Å². The second-order valence-electron chi connectivity index (χ2n) is 7.75. The molecule has 0 unspecified atom stereocenters. The maximum Gasteiger partial charge on any atom is 0.156 e. The van der Waals surface area contributed by atoms with Gasteiger partial charge in [-0.3, -0.25) is 0 Å². The summed E-state index contributed by atoms with van der Waals surface area (Å²) in [5.74, 6) is 0.849. The van der Waals surface area contributed by atoms with E-state index in [1.165, 1.54) is 25.7 Å². The van der Waals surface area contributed by atoms with Gasteiger partial charge in [-0.1, -0.05) is 58.2 Å². The maximum atomic E-state index is 6.32. The highest BCUT2D eigenvalue weighted by atomic mass is 32.2. The molecule has 2 heterocycles.